The summed E-state index contributed by atoms with van der Waals surface area (Å²) in [4.78, 5) is 16.9. The minimum atomic E-state index is 0.0993. The third-order valence-corrected chi connectivity index (χ3v) is 4.33. The lowest BCUT2D eigenvalue weighted by Crippen LogP contribution is -2.46. The first-order chi connectivity index (χ1) is 9.56. The van der Waals surface area contributed by atoms with Gasteiger partial charge in [-0.1, -0.05) is 13.8 Å². The van der Waals surface area contributed by atoms with E-state index in [2.05, 4.69) is 18.7 Å². The number of likely N-dealkylation sites (tertiary alicyclic amines) is 1. The van der Waals surface area contributed by atoms with Gasteiger partial charge in [0, 0.05) is 32.4 Å². The quantitative estimate of drug-likeness (QED) is 0.909. The van der Waals surface area contributed by atoms with Crippen molar-refractivity contribution in [2.75, 3.05) is 31.9 Å². The highest BCUT2D eigenvalue weighted by Gasteiger charge is 2.27. The van der Waals surface area contributed by atoms with E-state index in [0.717, 1.165) is 39.0 Å². The van der Waals surface area contributed by atoms with E-state index < -0.39 is 0 Å². The van der Waals surface area contributed by atoms with E-state index in [4.69, 9.17) is 5.73 Å². The average Bonchev–Trinajstić information content (AvgIpc) is 2.79. The van der Waals surface area contributed by atoms with E-state index in [1.165, 1.54) is 0 Å². The predicted octanol–water partition coefficient (Wildman–Crippen LogP) is 1.55. The molecule has 0 aromatic carbocycles. The van der Waals surface area contributed by atoms with Crippen LogP contribution >= 0.6 is 0 Å². The van der Waals surface area contributed by atoms with Crippen LogP contribution in [0.25, 0.3) is 0 Å². The Labute approximate surface area is 121 Å². The van der Waals surface area contributed by atoms with Crippen LogP contribution in [-0.4, -0.2) is 52.5 Å². The van der Waals surface area contributed by atoms with Crippen LogP contribution in [0, 0.1) is 0 Å². The number of aromatic nitrogens is 1. The zero-order valence-corrected chi connectivity index (χ0v) is 12.8. The minimum absolute atomic E-state index is 0.0993. The van der Waals surface area contributed by atoms with Gasteiger partial charge in [0.1, 0.15) is 5.69 Å². The first-order valence-corrected chi connectivity index (χ1v) is 7.52. The van der Waals surface area contributed by atoms with E-state index >= 15 is 0 Å². The summed E-state index contributed by atoms with van der Waals surface area (Å²) in [5.74, 6) is 0.0993. The number of aryl methyl sites for hydroxylation is 1. The zero-order valence-electron chi connectivity index (χ0n) is 12.8. The van der Waals surface area contributed by atoms with Gasteiger partial charge in [-0.2, -0.15) is 0 Å². The van der Waals surface area contributed by atoms with Crippen LogP contribution < -0.4 is 5.73 Å². The van der Waals surface area contributed by atoms with Crippen molar-refractivity contribution in [1.29, 1.82) is 0 Å². The van der Waals surface area contributed by atoms with E-state index in [9.17, 15) is 4.79 Å². The van der Waals surface area contributed by atoms with E-state index in [-0.39, 0.29) is 5.91 Å². The molecule has 1 aliphatic heterocycles. The summed E-state index contributed by atoms with van der Waals surface area (Å²) in [5, 5.41) is 0. The number of piperidine rings is 1. The number of hydrogen-bond acceptors (Lipinski definition) is 3. The highest BCUT2D eigenvalue weighted by molar-refractivity contribution is 5.93. The van der Waals surface area contributed by atoms with Gasteiger partial charge in [-0.15, -0.1) is 0 Å². The van der Waals surface area contributed by atoms with Crippen LogP contribution in [0.15, 0.2) is 12.3 Å². The molecule has 0 aliphatic carbocycles. The number of hydrogen-bond donors (Lipinski definition) is 1. The molecule has 1 amide bonds. The number of nitrogens with zero attached hydrogens (tertiary/aromatic N) is 3. The fourth-order valence-corrected chi connectivity index (χ4v) is 3.14. The number of nitrogen functional groups attached to an aromatic ring is 1. The molecule has 2 N–H and O–H groups in total. The molecular formula is C15H26N4O. The van der Waals surface area contributed by atoms with Crippen molar-refractivity contribution in [2.24, 2.45) is 7.05 Å². The summed E-state index contributed by atoms with van der Waals surface area (Å²) in [6.45, 7) is 8.25. The molecule has 1 fully saturated rings. The normalized spacial score (nSPS) is 16.9. The summed E-state index contributed by atoms with van der Waals surface area (Å²) >= 11 is 0. The number of rotatable bonds is 4. The Morgan fingerprint density at radius 2 is 1.95 bits per heavy atom. The van der Waals surface area contributed by atoms with Crippen LogP contribution in [0.2, 0.25) is 0 Å². The molecule has 1 saturated heterocycles. The molecule has 1 aromatic heterocycles. The Morgan fingerprint density at radius 1 is 1.35 bits per heavy atom. The summed E-state index contributed by atoms with van der Waals surface area (Å²) in [6, 6.07) is 2.38. The molecule has 1 aromatic rings. The van der Waals surface area contributed by atoms with Gasteiger partial charge < -0.3 is 20.1 Å². The Hall–Kier alpha value is -1.49. The third-order valence-electron chi connectivity index (χ3n) is 4.33. The second-order valence-corrected chi connectivity index (χ2v) is 5.51. The lowest BCUT2D eigenvalue weighted by Gasteiger charge is -2.37. The van der Waals surface area contributed by atoms with Gasteiger partial charge in [0.15, 0.2) is 0 Å². The number of nitrogens with two attached hydrogens (primary N) is 1. The monoisotopic (exact) mass is 278 g/mol. The molecule has 5 nitrogen and oxygen atoms in total. The number of anilines is 1. The molecular weight excluding hydrogens is 252 g/mol. The molecule has 112 valence electrons. The lowest BCUT2D eigenvalue weighted by molar-refractivity contribution is 0.0622. The highest BCUT2D eigenvalue weighted by Crippen LogP contribution is 2.19. The largest absolute Gasteiger partial charge is 0.397 e. The molecule has 0 spiro atoms. The molecule has 2 heterocycles. The smallest absolute Gasteiger partial charge is 0.270 e. The maximum atomic E-state index is 12.5. The third kappa shape index (κ3) is 2.98. The van der Waals surface area contributed by atoms with Crippen molar-refractivity contribution in [3.63, 3.8) is 0 Å². The van der Waals surface area contributed by atoms with Gasteiger partial charge in [0.25, 0.3) is 5.91 Å². The van der Waals surface area contributed by atoms with Gasteiger partial charge >= 0.3 is 0 Å². The molecule has 5 heteroatoms. The summed E-state index contributed by atoms with van der Waals surface area (Å²) < 4.78 is 1.81. The highest BCUT2D eigenvalue weighted by atomic mass is 16.2. The molecule has 1 aliphatic rings. The molecule has 0 bridgehead atoms. The van der Waals surface area contributed by atoms with Crippen molar-refractivity contribution in [3.05, 3.63) is 18.0 Å². The average molecular weight is 278 g/mol. The van der Waals surface area contributed by atoms with Crippen LogP contribution in [0.3, 0.4) is 0 Å². The van der Waals surface area contributed by atoms with Crippen molar-refractivity contribution < 1.29 is 4.79 Å². The van der Waals surface area contributed by atoms with Crippen LogP contribution in [0.5, 0.6) is 0 Å². The molecule has 0 atom stereocenters. The van der Waals surface area contributed by atoms with E-state index in [1.807, 2.05) is 16.5 Å². The fraction of sp³-hybridized carbons (Fsp3) is 0.667. The van der Waals surface area contributed by atoms with Crippen molar-refractivity contribution in [3.8, 4) is 0 Å². The van der Waals surface area contributed by atoms with Gasteiger partial charge in [-0.25, -0.2) is 0 Å². The Bertz CT molecular complexity index is 456. The van der Waals surface area contributed by atoms with Crippen LogP contribution in [0.4, 0.5) is 5.69 Å². The fourth-order valence-electron chi connectivity index (χ4n) is 3.14. The summed E-state index contributed by atoms with van der Waals surface area (Å²) in [7, 11) is 1.87. The van der Waals surface area contributed by atoms with Crippen LogP contribution in [0.1, 0.15) is 37.2 Å². The van der Waals surface area contributed by atoms with Gasteiger partial charge in [0.2, 0.25) is 0 Å². The summed E-state index contributed by atoms with van der Waals surface area (Å²) in [5.41, 5.74) is 7.08. The number of amides is 1. The maximum absolute atomic E-state index is 12.5. The van der Waals surface area contributed by atoms with E-state index in [1.54, 1.807) is 12.3 Å². The minimum Gasteiger partial charge on any atom is -0.397 e. The molecule has 20 heavy (non-hydrogen) atoms. The molecule has 0 saturated carbocycles. The van der Waals surface area contributed by atoms with Gasteiger partial charge in [-0.3, -0.25) is 4.79 Å². The predicted molar refractivity (Wildman–Crippen MR) is 81.7 cm³/mol. The van der Waals surface area contributed by atoms with Crippen molar-refractivity contribution in [1.82, 2.24) is 14.4 Å². The Kier molecular flexibility index (Phi) is 4.70. The maximum Gasteiger partial charge on any atom is 0.270 e. The second kappa shape index (κ2) is 6.31. The lowest BCUT2D eigenvalue weighted by atomic mass is 10.0. The molecule has 0 radical (unpaired) electrons. The van der Waals surface area contributed by atoms with Gasteiger partial charge in [0.05, 0.1) is 5.69 Å². The van der Waals surface area contributed by atoms with E-state index in [0.29, 0.717) is 17.4 Å². The Morgan fingerprint density at radius 3 is 2.40 bits per heavy atom. The number of carbonyl (C=O) groups excluding carboxylic acids is 1. The Balaban J connectivity index is 1.97. The van der Waals surface area contributed by atoms with Crippen molar-refractivity contribution >= 4 is 11.6 Å². The zero-order chi connectivity index (χ0) is 14.7. The standard InChI is InChI=1S/C15H26N4O/c1-4-18(5-2)13-6-8-19(9-7-13)15(20)14-10-12(16)11-17(14)3/h10-11,13H,4-9,16H2,1-3H3. The topological polar surface area (TPSA) is 54.5 Å². The second-order valence-electron chi connectivity index (χ2n) is 5.51. The SMILES string of the molecule is CCN(CC)C1CCN(C(=O)c2cc(N)cn2C)CC1. The molecule has 2 rings (SSSR count). The first kappa shape index (κ1) is 14.9. The molecule has 0 unspecified atom stereocenters. The summed E-state index contributed by atoms with van der Waals surface area (Å²) in [6.07, 6.45) is 3.91. The van der Waals surface area contributed by atoms with Crippen LogP contribution in [-0.2, 0) is 7.05 Å². The number of carbonyl (C=O) groups is 1. The van der Waals surface area contributed by atoms with Crippen molar-refractivity contribution in [2.45, 2.75) is 32.7 Å². The van der Waals surface area contributed by atoms with Gasteiger partial charge in [-0.05, 0) is 32.0 Å². The first-order valence-electron chi connectivity index (χ1n) is 7.52.